The van der Waals surface area contributed by atoms with Crippen molar-refractivity contribution in [2.24, 2.45) is 0 Å². The second-order valence-electron chi connectivity index (χ2n) is 18.9. The standard InChI is InChI=1S/C70H44/c1-3-10-45(11-4-1)47-18-20-48(21-19-47)49-22-24-50(25-23-49)51-26-28-52(29-27-51)65-33-32-55(46-12-5-2-6-13-46)41-70(65)66-17-9-16-56-36-61-37-57-30-31-58-38-62-39-59-34-53-14-7-8-15-54(53)35-60(59)40-63(62)42-68(58)69(57)44-64(61)43-67(56)66/h1-44H. The van der Waals surface area contributed by atoms with E-state index in [1.54, 1.807) is 0 Å². The normalized spacial score (nSPS) is 11.7. The van der Waals surface area contributed by atoms with Gasteiger partial charge in [0, 0.05) is 0 Å². The molecule has 0 atom stereocenters. The van der Waals surface area contributed by atoms with Gasteiger partial charge in [-0.25, -0.2) is 0 Å². The predicted octanol–water partition coefficient (Wildman–Crippen LogP) is 19.8. The molecule has 0 fully saturated rings. The molecule has 14 rings (SSSR count). The molecule has 14 aromatic rings. The molecule has 0 aliphatic heterocycles. The van der Waals surface area contributed by atoms with Crippen molar-refractivity contribution in [1.29, 1.82) is 0 Å². The molecule has 0 heterocycles. The van der Waals surface area contributed by atoms with Gasteiger partial charge in [-0.1, -0.05) is 200 Å². The number of hydrogen-bond acceptors (Lipinski definition) is 0. The highest BCUT2D eigenvalue weighted by Crippen LogP contribution is 2.42. The summed E-state index contributed by atoms with van der Waals surface area (Å²) in [7, 11) is 0. The summed E-state index contributed by atoms with van der Waals surface area (Å²) in [4.78, 5) is 0. The maximum Gasteiger partial charge on any atom is -0.00930 e. The first-order valence-electron chi connectivity index (χ1n) is 24.3. The average molecular weight is 885 g/mol. The van der Waals surface area contributed by atoms with E-state index in [1.165, 1.54) is 142 Å². The fourth-order valence-corrected chi connectivity index (χ4v) is 11.0. The lowest BCUT2D eigenvalue weighted by Gasteiger charge is -2.16. The third kappa shape index (κ3) is 7.00. The first-order chi connectivity index (χ1) is 34.6. The van der Waals surface area contributed by atoms with Crippen LogP contribution in [0.4, 0.5) is 0 Å². The maximum atomic E-state index is 2.43. The topological polar surface area (TPSA) is 0 Å². The summed E-state index contributed by atoms with van der Waals surface area (Å²) >= 11 is 0. The molecule has 0 aromatic heterocycles. The Morgan fingerprint density at radius 1 is 0.129 bits per heavy atom. The molecular weight excluding hydrogens is 841 g/mol. The van der Waals surface area contributed by atoms with Crippen LogP contribution in [-0.2, 0) is 0 Å². The van der Waals surface area contributed by atoms with Gasteiger partial charge in [0.15, 0.2) is 0 Å². The van der Waals surface area contributed by atoms with Crippen LogP contribution < -0.4 is 0 Å². The first kappa shape index (κ1) is 40.0. The second kappa shape index (κ2) is 16.3. The maximum absolute atomic E-state index is 2.43. The third-order valence-electron chi connectivity index (χ3n) is 14.7. The van der Waals surface area contributed by atoms with Crippen molar-refractivity contribution < 1.29 is 0 Å². The molecule has 0 saturated carbocycles. The Bertz CT molecular complexity index is 4340. The van der Waals surface area contributed by atoms with Crippen LogP contribution in [0.5, 0.6) is 0 Å². The van der Waals surface area contributed by atoms with Gasteiger partial charge in [-0.05, 0) is 209 Å². The number of fused-ring (bicyclic) bond motifs is 8. The van der Waals surface area contributed by atoms with Crippen LogP contribution >= 0.6 is 0 Å². The van der Waals surface area contributed by atoms with Crippen molar-refractivity contribution in [2.75, 3.05) is 0 Å². The van der Waals surface area contributed by atoms with Crippen molar-refractivity contribution in [1.82, 2.24) is 0 Å². The highest BCUT2D eigenvalue weighted by molar-refractivity contribution is 6.18. The van der Waals surface area contributed by atoms with E-state index in [4.69, 9.17) is 0 Å². The Balaban J connectivity index is 0.853. The molecule has 0 N–H and O–H groups in total. The molecule has 70 heavy (non-hydrogen) atoms. The molecular formula is C70H44. The van der Waals surface area contributed by atoms with Gasteiger partial charge < -0.3 is 0 Å². The summed E-state index contributed by atoms with van der Waals surface area (Å²) in [6, 6.07) is 99.1. The van der Waals surface area contributed by atoms with E-state index < -0.39 is 0 Å². The van der Waals surface area contributed by atoms with Gasteiger partial charge in [0.05, 0.1) is 0 Å². The van der Waals surface area contributed by atoms with E-state index in [0.717, 1.165) is 0 Å². The van der Waals surface area contributed by atoms with Crippen LogP contribution in [0.3, 0.4) is 0 Å². The van der Waals surface area contributed by atoms with E-state index in [1.807, 2.05) is 0 Å². The first-order valence-corrected chi connectivity index (χ1v) is 24.3. The van der Waals surface area contributed by atoms with Gasteiger partial charge in [-0.2, -0.15) is 0 Å². The molecule has 0 saturated heterocycles. The summed E-state index contributed by atoms with van der Waals surface area (Å²) in [5.41, 5.74) is 14.6. The van der Waals surface area contributed by atoms with Gasteiger partial charge in [0.1, 0.15) is 0 Å². The van der Waals surface area contributed by atoms with Crippen LogP contribution in [0.2, 0.25) is 0 Å². The number of hydrogen-bond donors (Lipinski definition) is 0. The van der Waals surface area contributed by atoms with Crippen LogP contribution in [0, 0.1) is 0 Å². The zero-order valence-electron chi connectivity index (χ0n) is 38.4. The summed E-state index contributed by atoms with van der Waals surface area (Å²) in [5, 5.41) is 17.7. The minimum absolute atomic E-state index is 1.19. The van der Waals surface area contributed by atoms with Crippen molar-refractivity contribution in [2.45, 2.75) is 0 Å². The van der Waals surface area contributed by atoms with Gasteiger partial charge in [0.2, 0.25) is 0 Å². The quantitative estimate of drug-likeness (QED) is 0.115. The molecule has 0 radical (unpaired) electrons. The van der Waals surface area contributed by atoms with Crippen molar-refractivity contribution in [3.63, 3.8) is 0 Å². The highest BCUT2D eigenvalue weighted by Gasteiger charge is 2.15. The van der Waals surface area contributed by atoms with Crippen LogP contribution in [-0.4, -0.2) is 0 Å². The molecule has 0 heteroatoms. The van der Waals surface area contributed by atoms with Crippen LogP contribution in [0.1, 0.15) is 0 Å². The van der Waals surface area contributed by atoms with E-state index in [0.29, 0.717) is 0 Å². The molecule has 0 unspecified atom stereocenters. The zero-order chi connectivity index (χ0) is 46.1. The summed E-state index contributed by atoms with van der Waals surface area (Å²) < 4.78 is 0. The van der Waals surface area contributed by atoms with Gasteiger partial charge in [-0.3, -0.25) is 0 Å². The van der Waals surface area contributed by atoms with E-state index >= 15 is 0 Å². The summed E-state index contributed by atoms with van der Waals surface area (Å²) in [6.07, 6.45) is 0. The summed E-state index contributed by atoms with van der Waals surface area (Å²) in [5.74, 6) is 0. The van der Waals surface area contributed by atoms with Crippen molar-refractivity contribution in [3.05, 3.63) is 267 Å². The van der Waals surface area contributed by atoms with Gasteiger partial charge in [-0.15, -0.1) is 0 Å². The SMILES string of the molecule is c1ccc(-c2ccc(-c3ccc(-c4ccc(-c5ccc(-c6ccccc6)cc5-c5cccc6cc7cc8ccc9cc%10cc%11cc%12ccccc%12cc%11cc%10cc9c8cc7cc56)cc4)cc3)cc2)cc1. The fourth-order valence-electron chi connectivity index (χ4n) is 11.0. The lowest BCUT2D eigenvalue weighted by molar-refractivity contribution is 1.56. The van der Waals surface area contributed by atoms with Gasteiger partial charge in [0.25, 0.3) is 0 Å². The lowest BCUT2D eigenvalue weighted by Crippen LogP contribution is -1.90. The Morgan fingerprint density at radius 3 is 0.957 bits per heavy atom. The van der Waals surface area contributed by atoms with Crippen molar-refractivity contribution >= 4 is 75.4 Å². The zero-order valence-corrected chi connectivity index (χ0v) is 38.4. The molecule has 324 valence electrons. The third-order valence-corrected chi connectivity index (χ3v) is 14.7. The molecule has 0 aliphatic carbocycles. The smallest absolute Gasteiger partial charge is 0.00930 e. The monoisotopic (exact) mass is 884 g/mol. The molecule has 14 aromatic carbocycles. The lowest BCUT2D eigenvalue weighted by atomic mass is 9.87. The van der Waals surface area contributed by atoms with Crippen LogP contribution in [0.25, 0.3) is 142 Å². The Labute approximate surface area is 407 Å². The van der Waals surface area contributed by atoms with Gasteiger partial charge >= 0.3 is 0 Å². The molecule has 0 bridgehead atoms. The number of benzene rings is 14. The van der Waals surface area contributed by atoms with Crippen molar-refractivity contribution in [3.8, 4) is 66.8 Å². The Kier molecular flexibility index (Phi) is 9.32. The van der Waals surface area contributed by atoms with E-state index in [2.05, 4.69) is 267 Å². The van der Waals surface area contributed by atoms with E-state index in [9.17, 15) is 0 Å². The molecule has 0 spiro atoms. The Hall–Kier alpha value is -9.10. The largest absolute Gasteiger partial charge is 0.0622 e. The second-order valence-corrected chi connectivity index (χ2v) is 18.9. The Morgan fingerprint density at radius 2 is 0.457 bits per heavy atom. The predicted molar refractivity (Wildman–Crippen MR) is 302 cm³/mol. The molecule has 0 aliphatic rings. The number of rotatable bonds is 6. The summed E-state index contributed by atoms with van der Waals surface area (Å²) in [6.45, 7) is 0. The highest BCUT2D eigenvalue weighted by atomic mass is 14.2. The minimum Gasteiger partial charge on any atom is -0.0622 e. The minimum atomic E-state index is 1.19. The molecule has 0 amide bonds. The molecule has 0 nitrogen and oxygen atoms in total. The fraction of sp³-hybridized carbons (Fsp3) is 0. The average Bonchev–Trinajstić information content (AvgIpc) is 3.43. The van der Waals surface area contributed by atoms with E-state index in [-0.39, 0.29) is 0 Å². The van der Waals surface area contributed by atoms with Crippen LogP contribution in [0.15, 0.2) is 267 Å².